The molecule has 0 spiro atoms. The second-order valence-electron chi connectivity index (χ2n) is 5.09. The zero-order chi connectivity index (χ0) is 17.0. The van der Waals surface area contributed by atoms with Gasteiger partial charge in [-0.05, 0) is 12.1 Å². The van der Waals surface area contributed by atoms with Gasteiger partial charge in [0, 0.05) is 12.0 Å². The van der Waals surface area contributed by atoms with Crippen molar-refractivity contribution in [3.63, 3.8) is 0 Å². The van der Waals surface area contributed by atoms with Gasteiger partial charge >= 0.3 is 0 Å². The quantitative estimate of drug-likeness (QED) is 0.717. The predicted octanol–water partition coefficient (Wildman–Crippen LogP) is 2.68. The van der Waals surface area contributed by atoms with Crippen LogP contribution in [0.4, 0.5) is 5.69 Å². The molecule has 0 atom stereocenters. The minimum absolute atomic E-state index is 0.139. The number of nitrogens with zero attached hydrogens (tertiary/aromatic N) is 1. The Morgan fingerprint density at radius 3 is 2.25 bits per heavy atom. The monoisotopic (exact) mass is 344 g/mol. The lowest BCUT2D eigenvalue weighted by Gasteiger charge is -2.09. The fraction of sp³-hybridized carbons (Fsp3) is 0.118. The van der Waals surface area contributed by atoms with Crippen LogP contribution in [0.3, 0.4) is 0 Å². The maximum absolute atomic E-state index is 12.6. The summed E-state index contributed by atoms with van der Waals surface area (Å²) in [4.78, 5) is 0.139. The van der Waals surface area contributed by atoms with Gasteiger partial charge in [-0.2, -0.15) is 0 Å². The fourth-order valence-electron chi connectivity index (χ4n) is 2.29. The first kappa shape index (κ1) is 16.2. The zero-order valence-electron chi connectivity index (χ0n) is 12.7. The van der Waals surface area contributed by atoms with Crippen molar-refractivity contribution in [2.45, 2.75) is 11.3 Å². The summed E-state index contributed by atoms with van der Waals surface area (Å²) in [5.74, 6) is 0.288. The number of nitrogens with one attached hydrogen (secondary N) is 1. The van der Waals surface area contributed by atoms with Crippen LogP contribution in [-0.4, -0.2) is 25.3 Å². The first-order valence-corrected chi connectivity index (χ1v) is 8.83. The number of sulfonamides is 1. The van der Waals surface area contributed by atoms with E-state index in [9.17, 15) is 13.5 Å². The molecule has 3 aromatic rings. The topological polar surface area (TPSA) is 92.4 Å². The van der Waals surface area contributed by atoms with Crippen molar-refractivity contribution >= 4 is 15.7 Å². The maximum atomic E-state index is 12.6. The number of rotatable bonds is 6. The minimum Gasteiger partial charge on any atom is -0.396 e. The summed E-state index contributed by atoms with van der Waals surface area (Å²) in [5, 5.41) is 13.1. The molecular weight excluding hydrogens is 328 g/mol. The molecule has 0 aliphatic heterocycles. The minimum atomic E-state index is -3.79. The highest BCUT2D eigenvalue weighted by molar-refractivity contribution is 7.92. The molecule has 2 aromatic carbocycles. The third-order valence-electron chi connectivity index (χ3n) is 3.44. The van der Waals surface area contributed by atoms with E-state index in [1.165, 1.54) is 12.1 Å². The lowest BCUT2D eigenvalue weighted by atomic mass is 10.1. The Morgan fingerprint density at radius 2 is 1.62 bits per heavy atom. The molecule has 124 valence electrons. The molecule has 0 unspecified atom stereocenters. The van der Waals surface area contributed by atoms with Crippen molar-refractivity contribution in [1.29, 1.82) is 0 Å². The lowest BCUT2D eigenvalue weighted by Crippen LogP contribution is -2.14. The summed E-state index contributed by atoms with van der Waals surface area (Å²) in [5.41, 5.74) is 1.36. The van der Waals surface area contributed by atoms with Gasteiger partial charge in [-0.15, -0.1) is 0 Å². The van der Waals surface area contributed by atoms with Crippen molar-refractivity contribution in [3.8, 4) is 11.3 Å². The fourth-order valence-corrected chi connectivity index (χ4v) is 3.40. The van der Waals surface area contributed by atoms with E-state index in [1.54, 1.807) is 30.3 Å². The molecule has 0 bridgehead atoms. The van der Waals surface area contributed by atoms with Crippen molar-refractivity contribution < 1.29 is 18.0 Å². The van der Waals surface area contributed by atoms with E-state index in [0.29, 0.717) is 5.69 Å². The van der Waals surface area contributed by atoms with Crippen LogP contribution in [0.5, 0.6) is 0 Å². The number of aliphatic hydroxyl groups is 1. The van der Waals surface area contributed by atoms with Gasteiger partial charge in [-0.25, -0.2) is 8.42 Å². The van der Waals surface area contributed by atoms with E-state index in [-0.39, 0.29) is 29.4 Å². The van der Waals surface area contributed by atoms with Crippen LogP contribution in [0, 0.1) is 0 Å². The molecule has 7 heteroatoms. The molecule has 0 saturated heterocycles. The highest BCUT2D eigenvalue weighted by atomic mass is 32.2. The number of aromatic nitrogens is 1. The molecule has 3 rings (SSSR count). The Balaban J connectivity index is 2.05. The van der Waals surface area contributed by atoms with Crippen molar-refractivity contribution in [1.82, 2.24) is 5.16 Å². The Kier molecular flexibility index (Phi) is 4.64. The third-order valence-corrected chi connectivity index (χ3v) is 4.80. The summed E-state index contributed by atoms with van der Waals surface area (Å²) >= 11 is 0. The Bertz CT molecular complexity index is 906. The summed E-state index contributed by atoms with van der Waals surface area (Å²) < 4.78 is 33.0. The van der Waals surface area contributed by atoms with E-state index in [2.05, 4.69) is 9.88 Å². The van der Waals surface area contributed by atoms with Gasteiger partial charge in [-0.3, -0.25) is 4.72 Å². The van der Waals surface area contributed by atoms with Gasteiger partial charge in [0.15, 0.2) is 5.76 Å². The van der Waals surface area contributed by atoms with E-state index in [4.69, 9.17) is 4.52 Å². The predicted molar refractivity (Wildman–Crippen MR) is 90.0 cm³/mol. The zero-order valence-corrected chi connectivity index (χ0v) is 13.5. The van der Waals surface area contributed by atoms with Crippen LogP contribution in [0.1, 0.15) is 5.76 Å². The van der Waals surface area contributed by atoms with Crippen LogP contribution in [0.15, 0.2) is 70.1 Å². The normalized spacial score (nSPS) is 11.4. The van der Waals surface area contributed by atoms with Gasteiger partial charge in [0.2, 0.25) is 0 Å². The average molecular weight is 344 g/mol. The molecule has 0 aliphatic carbocycles. The summed E-state index contributed by atoms with van der Waals surface area (Å²) in [6.45, 7) is -0.177. The van der Waals surface area contributed by atoms with Crippen molar-refractivity contribution in [2.24, 2.45) is 0 Å². The Hall–Kier alpha value is -2.64. The van der Waals surface area contributed by atoms with Gasteiger partial charge in [-0.1, -0.05) is 53.7 Å². The van der Waals surface area contributed by atoms with Crippen LogP contribution in [-0.2, 0) is 16.4 Å². The van der Waals surface area contributed by atoms with Gasteiger partial charge in [0.1, 0.15) is 11.4 Å². The number of hydrogen-bond acceptors (Lipinski definition) is 5. The Labute approximate surface area is 139 Å². The highest BCUT2D eigenvalue weighted by Crippen LogP contribution is 2.32. The highest BCUT2D eigenvalue weighted by Gasteiger charge is 2.23. The molecule has 24 heavy (non-hydrogen) atoms. The first-order chi connectivity index (χ1) is 11.6. The molecule has 6 nitrogen and oxygen atoms in total. The second kappa shape index (κ2) is 6.86. The van der Waals surface area contributed by atoms with Gasteiger partial charge < -0.3 is 9.63 Å². The van der Waals surface area contributed by atoms with Gasteiger partial charge in [0.05, 0.1) is 11.5 Å². The van der Waals surface area contributed by atoms with E-state index in [0.717, 1.165) is 5.56 Å². The molecule has 1 aromatic heterocycles. The van der Waals surface area contributed by atoms with Gasteiger partial charge in [0.25, 0.3) is 10.0 Å². The molecule has 0 amide bonds. The van der Waals surface area contributed by atoms with Crippen LogP contribution in [0.25, 0.3) is 11.3 Å². The number of benzene rings is 2. The lowest BCUT2D eigenvalue weighted by molar-refractivity contribution is 0.278. The summed E-state index contributed by atoms with van der Waals surface area (Å²) in [6.07, 6.45) is 0.159. The smallest absolute Gasteiger partial charge is 0.262 e. The SMILES string of the molecule is O=S(=O)(Nc1c(-c2ccccc2)noc1CCO)c1ccccc1. The van der Waals surface area contributed by atoms with Crippen LogP contribution in [0.2, 0.25) is 0 Å². The second-order valence-corrected chi connectivity index (χ2v) is 6.77. The van der Waals surface area contributed by atoms with Crippen molar-refractivity contribution in [3.05, 3.63) is 66.4 Å². The largest absolute Gasteiger partial charge is 0.396 e. The number of aliphatic hydroxyl groups excluding tert-OH is 1. The standard InChI is InChI=1S/C17H16N2O4S/c20-12-11-15-17(16(18-23-15)13-7-3-1-4-8-13)19-24(21,22)14-9-5-2-6-10-14/h1-10,19-20H,11-12H2. The average Bonchev–Trinajstić information content (AvgIpc) is 2.99. The third kappa shape index (κ3) is 3.32. The molecule has 1 heterocycles. The number of hydrogen-bond donors (Lipinski definition) is 2. The summed E-state index contributed by atoms with van der Waals surface area (Å²) in [7, 11) is -3.79. The molecule has 0 fully saturated rings. The molecule has 0 saturated carbocycles. The molecule has 0 aliphatic rings. The molecule has 2 N–H and O–H groups in total. The van der Waals surface area contributed by atoms with E-state index in [1.807, 2.05) is 18.2 Å². The maximum Gasteiger partial charge on any atom is 0.262 e. The molecular formula is C17H16N2O4S. The molecule has 0 radical (unpaired) electrons. The Morgan fingerprint density at radius 1 is 1.00 bits per heavy atom. The van der Waals surface area contributed by atoms with Crippen LogP contribution < -0.4 is 4.72 Å². The van der Waals surface area contributed by atoms with E-state index >= 15 is 0 Å². The summed E-state index contributed by atoms with van der Waals surface area (Å²) in [6, 6.07) is 17.2. The first-order valence-electron chi connectivity index (χ1n) is 7.34. The van der Waals surface area contributed by atoms with E-state index < -0.39 is 10.0 Å². The van der Waals surface area contributed by atoms with Crippen LogP contribution >= 0.6 is 0 Å². The van der Waals surface area contributed by atoms with Crippen molar-refractivity contribution in [2.75, 3.05) is 11.3 Å². The number of anilines is 1.